The monoisotopic (exact) mass is 150 g/mol. The standard InChI is InChI=1S/C7H6N2O2/c8-4-7(10)9-5-6-2-1-3-11-6/h1-3H,5H2,(H,9,10). The molecule has 0 aliphatic rings. The van der Waals surface area contributed by atoms with E-state index >= 15 is 0 Å². The van der Waals surface area contributed by atoms with Crippen molar-refractivity contribution in [2.75, 3.05) is 0 Å². The third-order valence-corrected chi connectivity index (χ3v) is 1.10. The molecule has 4 nitrogen and oxygen atoms in total. The van der Waals surface area contributed by atoms with Gasteiger partial charge in [0.2, 0.25) is 0 Å². The van der Waals surface area contributed by atoms with Crippen LogP contribution in [0, 0.1) is 11.3 Å². The molecule has 1 rings (SSSR count). The van der Waals surface area contributed by atoms with Gasteiger partial charge < -0.3 is 9.73 Å². The molecule has 56 valence electrons. The van der Waals surface area contributed by atoms with E-state index in [4.69, 9.17) is 9.68 Å². The smallest absolute Gasteiger partial charge is 0.322 e. The van der Waals surface area contributed by atoms with Crippen LogP contribution in [0.3, 0.4) is 0 Å². The maximum atomic E-state index is 10.4. The zero-order chi connectivity index (χ0) is 8.10. The van der Waals surface area contributed by atoms with E-state index in [9.17, 15) is 4.79 Å². The molecule has 4 heteroatoms. The highest BCUT2D eigenvalue weighted by Crippen LogP contribution is 1.97. The summed E-state index contributed by atoms with van der Waals surface area (Å²) < 4.78 is 4.90. The summed E-state index contributed by atoms with van der Waals surface area (Å²) in [4.78, 5) is 10.4. The fourth-order valence-electron chi connectivity index (χ4n) is 0.620. The van der Waals surface area contributed by atoms with Crippen molar-refractivity contribution in [3.05, 3.63) is 24.2 Å². The number of nitrogens with one attached hydrogen (secondary N) is 1. The minimum absolute atomic E-state index is 0.263. The Morgan fingerprint density at radius 2 is 2.64 bits per heavy atom. The van der Waals surface area contributed by atoms with Gasteiger partial charge >= 0.3 is 5.91 Å². The lowest BCUT2D eigenvalue weighted by atomic mass is 10.4. The van der Waals surface area contributed by atoms with Gasteiger partial charge in [0.05, 0.1) is 12.8 Å². The van der Waals surface area contributed by atoms with Crippen LogP contribution in [0.2, 0.25) is 0 Å². The first kappa shape index (κ1) is 7.35. The lowest BCUT2D eigenvalue weighted by molar-refractivity contribution is -0.116. The summed E-state index contributed by atoms with van der Waals surface area (Å²) in [5.74, 6) is -0.0185. The molecule has 0 aliphatic carbocycles. The molecule has 0 fully saturated rings. The quantitative estimate of drug-likeness (QED) is 0.621. The number of nitrogens with zero attached hydrogens (tertiary/aromatic N) is 1. The number of hydrogen-bond donors (Lipinski definition) is 1. The maximum absolute atomic E-state index is 10.4. The van der Waals surface area contributed by atoms with E-state index in [0.29, 0.717) is 5.76 Å². The SMILES string of the molecule is N#CC(=O)NCc1ccco1. The summed E-state index contributed by atoms with van der Waals surface area (Å²) in [5, 5.41) is 10.4. The van der Waals surface area contributed by atoms with Gasteiger partial charge in [-0.05, 0) is 12.1 Å². The van der Waals surface area contributed by atoms with E-state index in [1.165, 1.54) is 12.3 Å². The van der Waals surface area contributed by atoms with Crippen LogP contribution in [-0.4, -0.2) is 5.91 Å². The Hall–Kier alpha value is -1.76. The summed E-state index contributed by atoms with van der Waals surface area (Å²) >= 11 is 0. The highest BCUT2D eigenvalue weighted by molar-refractivity contribution is 5.90. The van der Waals surface area contributed by atoms with E-state index in [0.717, 1.165) is 0 Å². The molecule has 0 saturated heterocycles. The highest BCUT2D eigenvalue weighted by Gasteiger charge is 1.98. The molecule has 0 radical (unpaired) electrons. The van der Waals surface area contributed by atoms with Gasteiger partial charge in [-0.3, -0.25) is 4.79 Å². The number of furan rings is 1. The Morgan fingerprint density at radius 3 is 3.18 bits per heavy atom. The number of carbonyl (C=O) groups excluding carboxylic acids is 1. The van der Waals surface area contributed by atoms with Crippen molar-refractivity contribution >= 4 is 5.91 Å². The Bertz CT molecular complexity index is 271. The van der Waals surface area contributed by atoms with E-state index in [2.05, 4.69) is 5.32 Å². The first-order valence-electron chi connectivity index (χ1n) is 3.03. The molecule has 11 heavy (non-hydrogen) atoms. The van der Waals surface area contributed by atoms with Crippen molar-refractivity contribution < 1.29 is 9.21 Å². The number of hydrogen-bond acceptors (Lipinski definition) is 3. The van der Waals surface area contributed by atoms with E-state index in [1.807, 2.05) is 0 Å². The topological polar surface area (TPSA) is 66.0 Å². The van der Waals surface area contributed by atoms with E-state index < -0.39 is 5.91 Å². The maximum Gasteiger partial charge on any atom is 0.322 e. The minimum atomic E-state index is -0.651. The largest absolute Gasteiger partial charge is 0.467 e. The Balaban J connectivity index is 2.36. The second-order valence-electron chi connectivity index (χ2n) is 1.87. The zero-order valence-electron chi connectivity index (χ0n) is 5.70. The van der Waals surface area contributed by atoms with Gasteiger partial charge in [0, 0.05) is 0 Å². The van der Waals surface area contributed by atoms with Gasteiger partial charge in [-0.15, -0.1) is 0 Å². The molecular formula is C7H6N2O2. The number of amides is 1. The third-order valence-electron chi connectivity index (χ3n) is 1.10. The first-order valence-corrected chi connectivity index (χ1v) is 3.03. The Labute approximate surface area is 63.4 Å². The van der Waals surface area contributed by atoms with Crippen LogP contribution in [0.5, 0.6) is 0 Å². The van der Waals surface area contributed by atoms with Crippen LogP contribution >= 0.6 is 0 Å². The average molecular weight is 150 g/mol. The molecule has 0 atom stereocenters. The molecule has 1 aromatic heterocycles. The number of carbonyl (C=O) groups is 1. The van der Waals surface area contributed by atoms with Crippen molar-refractivity contribution in [1.29, 1.82) is 5.26 Å². The molecule has 0 aliphatic heterocycles. The molecule has 0 aromatic carbocycles. The normalized spacial score (nSPS) is 8.64. The molecule has 1 amide bonds. The second kappa shape index (κ2) is 3.42. The van der Waals surface area contributed by atoms with E-state index in [-0.39, 0.29) is 6.54 Å². The summed E-state index contributed by atoms with van der Waals surface area (Å²) in [6.07, 6.45) is 1.51. The summed E-state index contributed by atoms with van der Waals surface area (Å²) in [6, 6.07) is 4.87. The van der Waals surface area contributed by atoms with Crippen LogP contribution in [0.15, 0.2) is 22.8 Å². The fourth-order valence-corrected chi connectivity index (χ4v) is 0.620. The first-order chi connectivity index (χ1) is 5.33. The van der Waals surface area contributed by atoms with Crippen molar-refractivity contribution in [1.82, 2.24) is 5.32 Å². The Morgan fingerprint density at radius 1 is 1.82 bits per heavy atom. The molecule has 1 N–H and O–H groups in total. The van der Waals surface area contributed by atoms with Crippen molar-refractivity contribution in [3.8, 4) is 6.07 Å². The highest BCUT2D eigenvalue weighted by atomic mass is 16.3. The van der Waals surface area contributed by atoms with Crippen LogP contribution in [0.4, 0.5) is 0 Å². The van der Waals surface area contributed by atoms with Gasteiger partial charge in [0.1, 0.15) is 5.76 Å². The van der Waals surface area contributed by atoms with Crippen molar-refractivity contribution in [3.63, 3.8) is 0 Å². The molecule has 1 heterocycles. The van der Waals surface area contributed by atoms with Crippen LogP contribution < -0.4 is 5.32 Å². The molecule has 0 unspecified atom stereocenters. The molecule has 0 spiro atoms. The lowest BCUT2D eigenvalue weighted by Gasteiger charge is -1.93. The van der Waals surface area contributed by atoms with Crippen LogP contribution in [0.25, 0.3) is 0 Å². The van der Waals surface area contributed by atoms with Gasteiger partial charge in [-0.2, -0.15) is 5.26 Å². The number of nitriles is 1. The zero-order valence-corrected chi connectivity index (χ0v) is 5.70. The molecular weight excluding hydrogens is 144 g/mol. The summed E-state index contributed by atoms with van der Waals surface area (Å²) in [7, 11) is 0. The average Bonchev–Trinajstić information content (AvgIpc) is 2.52. The number of rotatable bonds is 2. The van der Waals surface area contributed by atoms with Crippen molar-refractivity contribution in [2.45, 2.75) is 6.54 Å². The fraction of sp³-hybridized carbons (Fsp3) is 0.143. The lowest BCUT2D eigenvalue weighted by Crippen LogP contribution is -2.19. The predicted molar refractivity (Wildman–Crippen MR) is 36.2 cm³/mol. The Kier molecular flexibility index (Phi) is 2.28. The molecule has 1 aromatic rings. The third kappa shape index (κ3) is 2.14. The van der Waals surface area contributed by atoms with Crippen LogP contribution in [0.1, 0.15) is 5.76 Å². The van der Waals surface area contributed by atoms with Gasteiger partial charge in [-0.25, -0.2) is 0 Å². The van der Waals surface area contributed by atoms with Gasteiger partial charge in [-0.1, -0.05) is 0 Å². The molecule has 0 saturated carbocycles. The van der Waals surface area contributed by atoms with Gasteiger partial charge in [0.25, 0.3) is 0 Å². The molecule has 0 bridgehead atoms. The van der Waals surface area contributed by atoms with Crippen LogP contribution in [-0.2, 0) is 11.3 Å². The second-order valence-corrected chi connectivity index (χ2v) is 1.87. The minimum Gasteiger partial charge on any atom is -0.467 e. The summed E-state index contributed by atoms with van der Waals surface area (Å²) in [6.45, 7) is 0.263. The van der Waals surface area contributed by atoms with E-state index in [1.54, 1.807) is 12.1 Å². The van der Waals surface area contributed by atoms with Crippen molar-refractivity contribution in [2.24, 2.45) is 0 Å². The van der Waals surface area contributed by atoms with Gasteiger partial charge in [0.15, 0.2) is 6.07 Å². The summed E-state index contributed by atoms with van der Waals surface area (Å²) in [5.41, 5.74) is 0. The predicted octanol–water partition coefficient (Wildman–Crippen LogP) is 0.419.